The average Bonchev–Trinajstić information content (AvgIpc) is 2.78. The molecule has 1 saturated heterocycles. The number of carbonyl (C=O) groups excluding carboxylic acids is 1. The first kappa shape index (κ1) is 19.3. The molecule has 4 rings (SSSR count). The van der Waals surface area contributed by atoms with Crippen LogP contribution in [0.5, 0.6) is 5.75 Å². The van der Waals surface area contributed by atoms with Gasteiger partial charge in [0.15, 0.2) is 6.10 Å². The second kappa shape index (κ2) is 8.97. The molecule has 5 heteroatoms. The highest BCUT2D eigenvalue weighted by molar-refractivity contribution is 5.94. The summed E-state index contributed by atoms with van der Waals surface area (Å²) < 4.78 is 11.4. The van der Waals surface area contributed by atoms with Gasteiger partial charge in [0, 0.05) is 24.5 Å². The van der Waals surface area contributed by atoms with Gasteiger partial charge in [-0.25, -0.2) is 0 Å². The lowest BCUT2D eigenvalue weighted by Crippen LogP contribution is -2.36. The first-order chi connectivity index (χ1) is 14.2. The van der Waals surface area contributed by atoms with Crippen molar-refractivity contribution in [3.63, 3.8) is 0 Å². The molecule has 1 heterocycles. The summed E-state index contributed by atoms with van der Waals surface area (Å²) >= 11 is 0. The predicted octanol–water partition coefficient (Wildman–Crippen LogP) is 4.47. The number of fused-ring (bicyclic) bond motifs is 1. The molecule has 0 radical (unpaired) electrons. The van der Waals surface area contributed by atoms with Gasteiger partial charge < -0.3 is 19.7 Å². The number of amides is 1. The number of anilines is 2. The van der Waals surface area contributed by atoms with Crippen molar-refractivity contribution in [3.05, 3.63) is 66.7 Å². The van der Waals surface area contributed by atoms with Crippen LogP contribution in [-0.2, 0) is 9.53 Å². The third-order valence-corrected chi connectivity index (χ3v) is 5.17. The number of nitrogens with zero attached hydrogens (tertiary/aromatic N) is 1. The summed E-state index contributed by atoms with van der Waals surface area (Å²) in [7, 11) is 0. The van der Waals surface area contributed by atoms with Gasteiger partial charge in [-0.2, -0.15) is 0 Å². The molecule has 1 amide bonds. The lowest BCUT2D eigenvalue weighted by atomic mass is 10.1. The van der Waals surface area contributed by atoms with E-state index in [4.69, 9.17) is 9.47 Å². The van der Waals surface area contributed by atoms with Crippen LogP contribution in [0.1, 0.15) is 13.3 Å². The molecule has 3 aromatic carbocycles. The van der Waals surface area contributed by atoms with Crippen molar-refractivity contribution in [2.24, 2.45) is 0 Å². The minimum absolute atomic E-state index is 0.139. The van der Waals surface area contributed by atoms with E-state index in [0.717, 1.165) is 48.5 Å². The van der Waals surface area contributed by atoms with E-state index in [1.807, 2.05) is 67.6 Å². The van der Waals surface area contributed by atoms with Crippen LogP contribution in [0.4, 0.5) is 11.4 Å². The third-order valence-electron chi connectivity index (χ3n) is 5.17. The van der Waals surface area contributed by atoms with Crippen LogP contribution < -0.4 is 15.0 Å². The molecule has 29 heavy (non-hydrogen) atoms. The Hall–Kier alpha value is -3.05. The first-order valence-electron chi connectivity index (χ1n) is 10.1. The van der Waals surface area contributed by atoms with E-state index < -0.39 is 6.10 Å². The van der Waals surface area contributed by atoms with Crippen molar-refractivity contribution in [2.75, 3.05) is 36.5 Å². The van der Waals surface area contributed by atoms with E-state index in [2.05, 4.69) is 16.3 Å². The maximum Gasteiger partial charge on any atom is 0.265 e. The van der Waals surface area contributed by atoms with E-state index in [1.54, 1.807) is 0 Å². The van der Waals surface area contributed by atoms with Gasteiger partial charge >= 0.3 is 0 Å². The fourth-order valence-electron chi connectivity index (χ4n) is 3.53. The molecular formula is C24H26N2O3. The van der Waals surface area contributed by atoms with Crippen LogP contribution >= 0.6 is 0 Å². The van der Waals surface area contributed by atoms with Crippen LogP contribution in [0.25, 0.3) is 10.8 Å². The molecule has 1 N–H and O–H groups in total. The fourth-order valence-corrected chi connectivity index (χ4v) is 3.53. The van der Waals surface area contributed by atoms with Crippen molar-refractivity contribution >= 4 is 28.1 Å². The standard InChI is InChI=1S/C24H26N2O3/c1-2-23(29-22-12-7-18-5-3-4-6-19(18)17-22)24(27)25-20-8-10-21(11-9-20)26-13-15-28-16-14-26/h3-12,17,23H,2,13-16H2,1H3,(H,25,27). The molecule has 0 aromatic heterocycles. The maximum atomic E-state index is 12.7. The molecular weight excluding hydrogens is 364 g/mol. The zero-order valence-corrected chi connectivity index (χ0v) is 16.6. The van der Waals surface area contributed by atoms with Crippen molar-refractivity contribution < 1.29 is 14.3 Å². The highest BCUT2D eigenvalue weighted by atomic mass is 16.5. The minimum atomic E-state index is -0.546. The van der Waals surface area contributed by atoms with E-state index >= 15 is 0 Å². The number of hydrogen-bond acceptors (Lipinski definition) is 4. The summed E-state index contributed by atoms with van der Waals surface area (Å²) in [5.41, 5.74) is 1.92. The van der Waals surface area contributed by atoms with Crippen LogP contribution in [0.15, 0.2) is 66.7 Å². The molecule has 3 aromatic rings. The normalized spacial score (nSPS) is 15.1. The van der Waals surface area contributed by atoms with Gasteiger partial charge in [0.25, 0.3) is 5.91 Å². The number of benzene rings is 3. The lowest BCUT2D eigenvalue weighted by molar-refractivity contribution is -0.122. The van der Waals surface area contributed by atoms with Crippen molar-refractivity contribution in [1.29, 1.82) is 0 Å². The molecule has 1 fully saturated rings. The average molecular weight is 390 g/mol. The van der Waals surface area contributed by atoms with Gasteiger partial charge in [-0.1, -0.05) is 37.3 Å². The molecule has 0 saturated carbocycles. The third kappa shape index (κ3) is 4.69. The Morgan fingerprint density at radius 1 is 1.03 bits per heavy atom. The Morgan fingerprint density at radius 2 is 1.76 bits per heavy atom. The van der Waals surface area contributed by atoms with E-state index in [1.165, 1.54) is 0 Å². The second-order valence-electron chi connectivity index (χ2n) is 7.16. The Balaban J connectivity index is 1.40. The SMILES string of the molecule is CCC(Oc1ccc2ccccc2c1)C(=O)Nc1ccc(N2CCOCC2)cc1. The molecule has 1 aliphatic heterocycles. The molecule has 150 valence electrons. The van der Waals surface area contributed by atoms with Gasteiger partial charge in [-0.15, -0.1) is 0 Å². The van der Waals surface area contributed by atoms with Crippen LogP contribution in [0.2, 0.25) is 0 Å². The largest absolute Gasteiger partial charge is 0.481 e. The molecule has 1 atom stereocenters. The maximum absolute atomic E-state index is 12.7. The van der Waals surface area contributed by atoms with Gasteiger partial charge in [0.05, 0.1) is 13.2 Å². The Bertz CT molecular complexity index is 965. The molecule has 0 spiro atoms. The Kier molecular flexibility index (Phi) is 5.96. The van der Waals surface area contributed by atoms with Crippen LogP contribution in [0.3, 0.4) is 0 Å². The first-order valence-corrected chi connectivity index (χ1v) is 10.1. The smallest absolute Gasteiger partial charge is 0.265 e. The number of rotatable bonds is 6. The van der Waals surface area contributed by atoms with Gasteiger partial charge in [0.1, 0.15) is 5.75 Å². The summed E-state index contributed by atoms with van der Waals surface area (Å²) in [6, 6.07) is 21.9. The predicted molar refractivity (Wildman–Crippen MR) is 117 cm³/mol. The van der Waals surface area contributed by atoms with Crippen LogP contribution in [0, 0.1) is 0 Å². The minimum Gasteiger partial charge on any atom is -0.481 e. The molecule has 1 aliphatic rings. The van der Waals surface area contributed by atoms with Gasteiger partial charge in [0.2, 0.25) is 0 Å². The molecule has 0 aliphatic carbocycles. The summed E-state index contributed by atoms with van der Waals surface area (Å²) in [5, 5.41) is 5.22. The van der Waals surface area contributed by atoms with Gasteiger partial charge in [-0.05, 0) is 53.6 Å². The number of hydrogen-bond donors (Lipinski definition) is 1. The highest BCUT2D eigenvalue weighted by Crippen LogP contribution is 2.23. The number of nitrogens with one attached hydrogen (secondary N) is 1. The van der Waals surface area contributed by atoms with E-state index in [9.17, 15) is 4.79 Å². The summed E-state index contributed by atoms with van der Waals surface area (Å²) in [4.78, 5) is 15.0. The summed E-state index contributed by atoms with van der Waals surface area (Å²) in [6.07, 6.45) is 0.0416. The lowest BCUT2D eigenvalue weighted by Gasteiger charge is -2.29. The Labute approximate surface area is 171 Å². The number of morpholine rings is 1. The highest BCUT2D eigenvalue weighted by Gasteiger charge is 2.19. The van der Waals surface area contributed by atoms with Crippen molar-refractivity contribution in [2.45, 2.75) is 19.4 Å². The second-order valence-corrected chi connectivity index (χ2v) is 7.16. The zero-order valence-electron chi connectivity index (χ0n) is 16.6. The molecule has 5 nitrogen and oxygen atoms in total. The zero-order chi connectivity index (χ0) is 20.1. The number of carbonyl (C=O) groups is 1. The quantitative estimate of drug-likeness (QED) is 0.675. The van der Waals surface area contributed by atoms with Crippen LogP contribution in [-0.4, -0.2) is 38.3 Å². The summed E-state index contributed by atoms with van der Waals surface area (Å²) in [5.74, 6) is 0.563. The topological polar surface area (TPSA) is 50.8 Å². The summed E-state index contributed by atoms with van der Waals surface area (Å²) in [6.45, 7) is 5.24. The molecule has 1 unspecified atom stereocenters. The van der Waals surface area contributed by atoms with Crippen molar-refractivity contribution in [1.82, 2.24) is 0 Å². The molecule has 0 bridgehead atoms. The van der Waals surface area contributed by atoms with Crippen molar-refractivity contribution in [3.8, 4) is 5.75 Å². The monoisotopic (exact) mass is 390 g/mol. The Morgan fingerprint density at radius 3 is 2.48 bits per heavy atom. The number of ether oxygens (including phenoxy) is 2. The van der Waals surface area contributed by atoms with Gasteiger partial charge in [-0.3, -0.25) is 4.79 Å². The van der Waals surface area contributed by atoms with E-state index in [0.29, 0.717) is 12.2 Å². The fraction of sp³-hybridized carbons (Fsp3) is 0.292. The van der Waals surface area contributed by atoms with E-state index in [-0.39, 0.29) is 5.91 Å².